The molecule has 10 heteroatoms. The summed E-state index contributed by atoms with van der Waals surface area (Å²) in [6, 6.07) is 7.99. The van der Waals surface area contributed by atoms with Gasteiger partial charge in [-0.3, -0.25) is 4.79 Å². The molecule has 0 radical (unpaired) electrons. The fourth-order valence-corrected chi connectivity index (χ4v) is 4.49. The van der Waals surface area contributed by atoms with E-state index in [9.17, 15) is 13.2 Å². The molecule has 2 aliphatic rings. The van der Waals surface area contributed by atoms with Gasteiger partial charge in [0.2, 0.25) is 6.79 Å². The monoisotopic (exact) mass is 376 g/mol. The van der Waals surface area contributed by atoms with Gasteiger partial charge in [-0.1, -0.05) is 0 Å². The lowest BCUT2D eigenvalue weighted by atomic mass is 10.2. The Morgan fingerprint density at radius 3 is 2.58 bits per heavy atom. The van der Waals surface area contributed by atoms with Crippen LogP contribution in [0.4, 0.5) is 11.6 Å². The standard InChI is InChI=1S/C16H16N4O5S/c21-16(10-1-2-12-13(7-10)25-9-24-12)18-15-4-3-14(19-20-15)17-11-5-6-26(22,23)8-11/h1-4,7,11H,5-6,8-9H2,(H,17,19)(H,18,20,21). The van der Waals surface area contributed by atoms with Crippen LogP contribution >= 0.6 is 0 Å². The first-order chi connectivity index (χ1) is 12.5. The van der Waals surface area contributed by atoms with Crippen LogP contribution in [-0.2, 0) is 9.84 Å². The second kappa shape index (κ2) is 6.45. The topological polar surface area (TPSA) is 120 Å². The minimum Gasteiger partial charge on any atom is -0.454 e. The van der Waals surface area contributed by atoms with Crippen molar-refractivity contribution in [3.8, 4) is 11.5 Å². The lowest BCUT2D eigenvalue weighted by Crippen LogP contribution is -2.21. The second-order valence-electron chi connectivity index (χ2n) is 6.07. The summed E-state index contributed by atoms with van der Waals surface area (Å²) in [6.07, 6.45) is 0.548. The van der Waals surface area contributed by atoms with E-state index in [1.165, 1.54) is 0 Å². The Balaban J connectivity index is 1.39. The van der Waals surface area contributed by atoms with Crippen molar-refractivity contribution >= 4 is 27.4 Å². The maximum atomic E-state index is 12.3. The van der Waals surface area contributed by atoms with Gasteiger partial charge in [0.05, 0.1) is 11.5 Å². The number of carbonyl (C=O) groups excluding carboxylic acids is 1. The number of anilines is 2. The van der Waals surface area contributed by atoms with Gasteiger partial charge in [-0.2, -0.15) is 0 Å². The molecule has 2 aromatic rings. The van der Waals surface area contributed by atoms with E-state index in [0.717, 1.165) is 0 Å². The zero-order chi connectivity index (χ0) is 18.1. The molecule has 9 nitrogen and oxygen atoms in total. The largest absolute Gasteiger partial charge is 0.454 e. The summed E-state index contributed by atoms with van der Waals surface area (Å²) in [5.41, 5.74) is 0.411. The maximum Gasteiger partial charge on any atom is 0.257 e. The number of ether oxygens (including phenoxy) is 2. The third kappa shape index (κ3) is 3.54. The highest BCUT2D eigenvalue weighted by Crippen LogP contribution is 2.32. The van der Waals surface area contributed by atoms with Crippen molar-refractivity contribution in [1.29, 1.82) is 0 Å². The van der Waals surface area contributed by atoms with Gasteiger partial charge in [-0.05, 0) is 36.8 Å². The summed E-state index contributed by atoms with van der Waals surface area (Å²) >= 11 is 0. The first-order valence-corrected chi connectivity index (χ1v) is 9.82. The van der Waals surface area contributed by atoms with E-state index in [2.05, 4.69) is 20.8 Å². The number of benzene rings is 1. The van der Waals surface area contributed by atoms with Crippen LogP contribution in [0.3, 0.4) is 0 Å². The SMILES string of the molecule is O=C(Nc1ccc(NC2CCS(=O)(=O)C2)nn1)c1ccc2c(c1)OCO2. The van der Waals surface area contributed by atoms with Crippen LogP contribution in [0.25, 0.3) is 0 Å². The Morgan fingerprint density at radius 1 is 1.08 bits per heavy atom. The molecule has 1 unspecified atom stereocenters. The molecule has 3 heterocycles. The van der Waals surface area contributed by atoms with Crippen LogP contribution in [0.15, 0.2) is 30.3 Å². The normalized spacial score (nSPS) is 19.9. The molecule has 136 valence electrons. The van der Waals surface area contributed by atoms with E-state index in [-0.39, 0.29) is 36.1 Å². The smallest absolute Gasteiger partial charge is 0.257 e. The summed E-state index contributed by atoms with van der Waals surface area (Å²) in [5.74, 6) is 1.81. The molecule has 1 amide bonds. The molecule has 1 aromatic carbocycles. The second-order valence-corrected chi connectivity index (χ2v) is 8.30. The molecular formula is C16H16N4O5S. The number of sulfone groups is 1. The van der Waals surface area contributed by atoms with Crippen LogP contribution in [0.5, 0.6) is 11.5 Å². The van der Waals surface area contributed by atoms with Crippen molar-refractivity contribution in [2.24, 2.45) is 0 Å². The summed E-state index contributed by atoms with van der Waals surface area (Å²) in [7, 11) is -2.96. The van der Waals surface area contributed by atoms with Crippen molar-refractivity contribution in [2.45, 2.75) is 12.5 Å². The molecule has 1 fully saturated rings. The van der Waals surface area contributed by atoms with Crippen LogP contribution in [0, 0.1) is 0 Å². The minimum atomic E-state index is -2.96. The predicted octanol–water partition coefficient (Wildman–Crippen LogP) is 1.06. The van der Waals surface area contributed by atoms with Crippen molar-refractivity contribution in [2.75, 3.05) is 28.9 Å². The molecule has 2 N–H and O–H groups in total. The van der Waals surface area contributed by atoms with Gasteiger partial charge in [0.15, 0.2) is 27.2 Å². The Labute approximate surface area is 149 Å². The number of hydrogen-bond acceptors (Lipinski definition) is 8. The number of fused-ring (bicyclic) bond motifs is 1. The zero-order valence-corrected chi connectivity index (χ0v) is 14.5. The highest BCUT2D eigenvalue weighted by Gasteiger charge is 2.28. The molecule has 4 rings (SSSR count). The molecule has 0 aliphatic carbocycles. The Morgan fingerprint density at radius 2 is 1.85 bits per heavy atom. The maximum absolute atomic E-state index is 12.3. The van der Waals surface area contributed by atoms with E-state index in [0.29, 0.717) is 29.3 Å². The Hall–Kier alpha value is -2.88. The summed E-state index contributed by atoms with van der Waals surface area (Å²) < 4.78 is 33.4. The first kappa shape index (κ1) is 16.6. The average molecular weight is 376 g/mol. The van der Waals surface area contributed by atoms with Gasteiger partial charge in [0.25, 0.3) is 5.91 Å². The fraction of sp³-hybridized carbons (Fsp3) is 0.312. The van der Waals surface area contributed by atoms with Crippen LogP contribution in [-0.4, -0.2) is 48.9 Å². The van der Waals surface area contributed by atoms with Gasteiger partial charge >= 0.3 is 0 Å². The molecular weight excluding hydrogens is 360 g/mol. The van der Waals surface area contributed by atoms with Gasteiger partial charge in [0, 0.05) is 11.6 Å². The predicted molar refractivity (Wildman–Crippen MR) is 93.2 cm³/mol. The minimum absolute atomic E-state index is 0.0945. The fourth-order valence-electron chi connectivity index (χ4n) is 2.82. The Bertz CT molecular complexity index is 946. The van der Waals surface area contributed by atoms with E-state index < -0.39 is 9.84 Å². The van der Waals surface area contributed by atoms with Crippen LogP contribution < -0.4 is 20.1 Å². The van der Waals surface area contributed by atoms with Crippen molar-refractivity contribution in [1.82, 2.24) is 10.2 Å². The quantitative estimate of drug-likeness (QED) is 0.813. The van der Waals surface area contributed by atoms with Gasteiger partial charge in [-0.15, -0.1) is 10.2 Å². The molecule has 26 heavy (non-hydrogen) atoms. The Kier molecular flexibility index (Phi) is 4.11. The van der Waals surface area contributed by atoms with Crippen molar-refractivity contribution in [3.05, 3.63) is 35.9 Å². The van der Waals surface area contributed by atoms with Gasteiger partial charge in [-0.25, -0.2) is 8.42 Å². The third-order valence-corrected chi connectivity index (χ3v) is 5.89. The third-order valence-electron chi connectivity index (χ3n) is 4.13. The van der Waals surface area contributed by atoms with E-state index in [4.69, 9.17) is 9.47 Å². The van der Waals surface area contributed by atoms with Gasteiger partial charge < -0.3 is 20.1 Å². The lowest BCUT2D eigenvalue weighted by molar-refractivity contribution is 0.102. The molecule has 0 spiro atoms. The molecule has 1 aromatic heterocycles. The number of hydrogen-bond donors (Lipinski definition) is 2. The van der Waals surface area contributed by atoms with E-state index >= 15 is 0 Å². The van der Waals surface area contributed by atoms with Crippen LogP contribution in [0.1, 0.15) is 16.8 Å². The lowest BCUT2D eigenvalue weighted by Gasteiger charge is -2.11. The van der Waals surface area contributed by atoms with Gasteiger partial charge in [0.1, 0.15) is 5.82 Å². The van der Waals surface area contributed by atoms with Crippen molar-refractivity contribution in [3.63, 3.8) is 0 Å². The number of nitrogens with zero attached hydrogens (tertiary/aromatic N) is 2. The van der Waals surface area contributed by atoms with Crippen molar-refractivity contribution < 1.29 is 22.7 Å². The number of amides is 1. The molecule has 0 bridgehead atoms. The highest BCUT2D eigenvalue weighted by atomic mass is 32.2. The summed E-state index contributed by atoms with van der Waals surface area (Å²) in [5, 5.41) is 13.6. The molecule has 1 atom stereocenters. The molecule has 2 aliphatic heterocycles. The number of nitrogens with one attached hydrogen (secondary N) is 2. The number of rotatable bonds is 4. The molecule has 1 saturated heterocycles. The molecule has 0 saturated carbocycles. The summed E-state index contributed by atoms with van der Waals surface area (Å²) in [4.78, 5) is 12.3. The van der Waals surface area contributed by atoms with E-state index in [1.54, 1.807) is 30.3 Å². The zero-order valence-electron chi connectivity index (χ0n) is 13.6. The average Bonchev–Trinajstić information content (AvgIpc) is 3.21. The summed E-state index contributed by atoms with van der Waals surface area (Å²) in [6.45, 7) is 0.142. The number of aromatic nitrogens is 2. The van der Waals surface area contributed by atoms with Crippen LogP contribution in [0.2, 0.25) is 0 Å². The number of carbonyl (C=O) groups is 1. The first-order valence-electron chi connectivity index (χ1n) is 8.00. The highest BCUT2D eigenvalue weighted by molar-refractivity contribution is 7.91. The van der Waals surface area contributed by atoms with E-state index in [1.807, 2.05) is 0 Å².